The van der Waals surface area contributed by atoms with Gasteiger partial charge in [-0.1, -0.05) is 23.2 Å². The van der Waals surface area contributed by atoms with Gasteiger partial charge in [-0.05, 0) is 57.5 Å². The van der Waals surface area contributed by atoms with Crippen molar-refractivity contribution in [3.63, 3.8) is 0 Å². The third kappa shape index (κ3) is 8.40. The van der Waals surface area contributed by atoms with E-state index in [0.29, 0.717) is 55.5 Å². The smallest absolute Gasteiger partial charge is 0.257 e. The van der Waals surface area contributed by atoms with Crippen molar-refractivity contribution in [1.82, 2.24) is 5.32 Å². The largest absolute Gasteiger partial charge is 0.345 e. The first kappa shape index (κ1) is 22.9. The summed E-state index contributed by atoms with van der Waals surface area (Å²) >= 11 is 12.0. The number of halogens is 2. The molecule has 25 heavy (non-hydrogen) atoms. The molecule has 144 valence electrons. The molecule has 0 heterocycles. The van der Waals surface area contributed by atoms with Gasteiger partial charge in [-0.15, -0.1) is 0 Å². The van der Waals surface area contributed by atoms with Crippen LogP contribution >= 0.6 is 30.6 Å². The number of hydrogen-bond acceptors (Lipinski definition) is 5. The number of rotatable bonds is 13. The second kappa shape index (κ2) is 12.3. The van der Waals surface area contributed by atoms with Gasteiger partial charge >= 0.3 is 0 Å². The highest BCUT2D eigenvalue weighted by molar-refractivity contribution is 7.59. The summed E-state index contributed by atoms with van der Waals surface area (Å²) in [6, 6.07) is 4.64. The molecule has 0 saturated carbocycles. The van der Waals surface area contributed by atoms with E-state index in [1.54, 1.807) is 6.07 Å². The van der Waals surface area contributed by atoms with Crippen molar-refractivity contribution in [2.24, 2.45) is 0 Å². The van der Waals surface area contributed by atoms with Gasteiger partial charge in [0.15, 0.2) is 0 Å². The van der Waals surface area contributed by atoms with Crippen LogP contribution in [0, 0.1) is 0 Å². The Morgan fingerprint density at radius 3 is 2.16 bits per heavy atom. The summed E-state index contributed by atoms with van der Waals surface area (Å²) in [4.78, 5) is 0. The third-order valence-corrected chi connectivity index (χ3v) is 6.37. The fraction of sp³-hybridized carbons (Fsp3) is 0.647. The van der Waals surface area contributed by atoms with Crippen LogP contribution in [0.2, 0.25) is 10.0 Å². The van der Waals surface area contributed by atoms with Gasteiger partial charge in [-0.3, -0.25) is 4.57 Å². The number of hydrogen-bond donors (Lipinski definition) is 1. The minimum Gasteiger partial charge on any atom is -0.345 e. The van der Waals surface area contributed by atoms with Gasteiger partial charge in [0.25, 0.3) is 7.37 Å². The van der Waals surface area contributed by atoms with Gasteiger partial charge in [0, 0.05) is 36.0 Å². The molecule has 1 aromatic carbocycles. The van der Waals surface area contributed by atoms with E-state index in [1.165, 1.54) is 0 Å². The van der Waals surface area contributed by atoms with Crippen LogP contribution in [0.25, 0.3) is 0 Å². The van der Waals surface area contributed by atoms with Crippen molar-refractivity contribution >= 4 is 30.6 Å². The molecule has 1 aromatic rings. The zero-order chi connectivity index (χ0) is 18.7. The van der Waals surface area contributed by atoms with Crippen LogP contribution in [0.5, 0.6) is 0 Å². The summed E-state index contributed by atoms with van der Waals surface area (Å²) in [5.74, 6) is 0. The van der Waals surface area contributed by atoms with Gasteiger partial charge in [0.05, 0.1) is 6.61 Å². The molecule has 0 aliphatic rings. The molecule has 0 amide bonds. The molecule has 1 unspecified atom stereocenters. The molecule has 5 nitrogen and oxygen atoms in total. The quantitative estimate of drug-likeness (QED) is 0.276. The lowest BCUT2D eigenvalue weighted by Crippen LogP contribution is -2.23. The van der Waals surface area contributed by atoms with E-state index in [1.807, 2.05) is 32.9 Å². The van der Waals surface area contributed by atoms with Crippen molar-refractivity contribution in [2.45, 2.75) is 39.8 Å². The zero-order valence-electron chi connectivity index (χ0n) is 15.1. The maximum absolute atomic E-state index is 13.1. The van der Waals surface area contributed by atoms with E-state index in [4.69, 9.17) is 37.2 Å². The Labute approximate surface area is 160 Å². The van der Waals surface area contributed by atoms with E-state index in [-0.39, 0.29) is 0 Å². The number of ether oxygens (including phenoxy) is 2. The molecule has 1 atom stereocenters. The monoisotopic (exact) mass is 411 g/mol. The van der Waals surface area contributed by atoms with E-state index in [9.17, 15) is 4.57 Å². The SMILES string of the molecule is CCOC(OCC)P(=O)(CCCNCc1cc(Cl)cc(Cl)c1)OCC. The third-order valence-electron chi connectivity index (χ3n) is 3.36. The molecular weight excluding hydrogens is 384 g/mol. The summed E-state index contributed by atoms with van der Waals surface area (Å²) in [6.07, 6.45) is 1.08. The van der Waals surface area contributed by atoms with Gasteiger partial charge in [-0.2, -0.15) is 0 Å². The van der Waals surface area contributed by atoms with Gasteiger partial charge in [0.1, 0.15) is 0 Å². The van der Waals surface area contributed by atoms with Crippen molar-refractivity contribution in [2.75, 3.05) is 32.5 Å². The van der Waals surface area contributed by atoms with Crippen LogP contribution in [0.1, 0.15) is 32.8 Å². The predicted octanol–water partition coefficient (Wildman–Crippen LogP) is 5.14. The molecule has 8 heteroatoms. The molecule has 0 spiro atoms. The van der Waals surface area contributed by atoms with Crippen LogP contribution in [0.3, 0.4) is 0 Å². The fourth-order valence-electron chi connectivity index (χ4n) is 2.38. The second-order valence-electron chi connectivity index (χ2n) is 5.39. The first-order valence-electron chi connectivity index (χ1n) is 8.57. The molecule has 0 bridgehead atoms. The maximum Gasteiger partial charge on any atom is 0.257 e. The van der Waals surface area contributed by atoms with Crippen LogP contribution in [0.15, 0.2) is 18.2 Å². The fourth-order valence-corrected chi connectivity index (χ4v) is 5.20. The highest BCUT2D eigenvalue weighted by atomic mass is 35.5. The summed E-state index contributed by atoms with van der Waals surface area (Å²) in [6.45, 7) is 8.06. The lowest BCUT2D eigenvalue weighted by Gasteiger charge is -2.26. The van der Waals surface area contributed by atoms with Crippen molar-refractivity contribution in [1.29, 1.82) is 0 Å². The van der Waals surface area contributed by atoms with Crippen LogP contribution in [-0.2, 0) is 25.1 Å². The molecule has 1 rings (SSSR count). The Morgan fingerprint density at radius 1 is 1.04 bits per heavy atom. The van der Waals surface area contributed by atoms with Crippen LogP contribution in [0.4, 0.5) is 0 Å². The molecule has 0 aromatic heterocycles. The van der Waals surface area contributed by atoms with Crippen molar-refractivity contribution in [3.8, 4) is 0 Å². The lowest BCUT2D eigenvalue weighted by atomic mass is 10.2. The summed E-state index contributed by atoms with van der Waals surface area (Å²) < 4.78 is 29.6. The molecule has 0 aliphatic heterocycles. The molecular formula is C17H28Cl2NO4P. The standard InChI is InChI=1S/C17H28Cl2NO4P/c1-4-22-17(23-5-2)25(21,24-6-3)9-7-8-20-13-14-10-15(18)12-16(19)11-14/h10-12,17,20H,4-9,13H2,1-3H3. The summed E-state index contributed by atoms with van der Waals surface area (Å²) in [5, 5.41) is 4.52. The number of nitrogens with one attached hydrogen (secondary N) is 1. The van der Waals surface area contributed by atoms with E-state index in [2.05, 4.69) is 5.32 Å². The Kier molecular flexibility index (Phi) is 11.3. The maximum atomic E-state index is 13.1. The topological polar surface area (TPSA) is 56.8 Å². The average Bonchev–Trinajstić information content (AvgIpc) is 2.53. The molecule has 0 radical (unpaired) electrons. The van der Waals surface area contributed by atoms with Crippen LogP contribution < -0.4 is 5.32 Å². The molecule has 1 N–H and O–H groups in total. The average molecular weight is 412 g/mol. The number of benzene rings is 1. The normalized spacial score (nSPS) is 14.0. The summed E-state index contributed by atoms with van der Waals surface area (Å²) in [7, 11) is -3.02. The lowest BCUT2D eigenvalue weighted by molar-refractivity contribution is -0.0888. The predicted molar refractivity (Wildman–Crippen MR) is 104 cm³/mol. The molecule has 0 fully saturated rings. The van der Waals surface area contributed by atoms with E-state index >= 15 is 0 Å². The van der Waals surface area contributed by atoms with E-state index < -0.39 is 13.4 Å². The molecule has 0 saturated heterocycles. The first-order chi connectivity index (χ1) is 11.9. The minimum absolute atomic E-state index is 0.363. The zero-order valence-corrected chi connectivity index (χ0v) is 17.5. The van der Waals surface area contributed by atoms with Gasteiger partial charge < -0.3 is 19.3 Å². The summed E-state index contributed by atoms with van der Waals surface area (Å²) in [5.41, 5.74) is 1.01. The highest BCUT2D eigenvalue weighted by Crippen LogP contribution is 2.53. The first-order valence-corrected chi connectivity index (χ1v) is 11.2. The van der Waals surface area contributed by atoms with Crippen LogP contribution in [-0.4, -0.2) is 38.6 Å². The second-order valence-corrected chi connectivity index (χ2v) is 8.85. The Morgan fingerprint density at radius 2 is 1.64 bits per heavy atom. The highest BCUT2D eigenvalue weighted by Gasteiger charge is 2.35. The Balaban J connectivity index is 2.50. The Hall–Kier alpha value is -0.130. The Bertz CT molecular complexity index is 533. The minimum atomic E-state index is -3.02. The van der Waals surface area contributed by atoms with Gasteiger partial charge in [-0.25, -0.2) is 0 Å². The van der Waals surface area contributed by atoms with Gasteiger partial charge in [0.2, 0.25) is 6.03 Å². The van der Waals surface area contributed by atoms with E-state index in [0.717, 1.165) is 5.56 Å². The molecule has 0 aliphatic carbocycles. The van der Waals surface area contributed by atoms with Crippen molar-refractivity contribution < 1.29 is 18.6 Å². The van der Waals surface area contributed by atoms with Crippen molar-refractivity contribution in [3.05, 3.63) is 33.8 Å².